The van der Waals surface area contributed by atoms with E-state index in [1.165, 1.54) is 5.56 Å². The molecule has 1 heterocycles. The van der Waals surface area contributed by atoms with Crippen LogP contribution in [0.4, 0.5) is 0 Å². The lowest BCUT2D eigenvalue weighted by atomic mass is 10.2. The van der Waals surface area contributed by atoms with E-state index in [9.17, 15) is 0 Å². The van der Waals surface area contributed by atoms with Gasteiger partial charge in [-0.3, -0.25) is 0 Å². The highest BCUT2D eigenvalue weighted by Gasteiger charge is 2.34. The maximum absolute atomic E-state index is 5.70. The van der Waals surface area contributed by atoms with Crippen LogP contribution in [0, 0.1) is 0 Å². The van der Waals surface area contributed by atoms with Crippen LogP contribution in [0.5, 0.6) is 0 Å². The van der Waals surface area contributed by atoms with Crippen LogP contribution in [0.3, 0.4) is 0 Å². The van der Waals surface area contributed by atoms with Gasteiger partial charge in [0, 0.05) is 18.2 Å². The lowest BCUT2D eigenvalue weighted by Crippen LogP contribution is -2.00. The largest absolute Gasteiger partial charge is 0.327 e. The number of nitrogens with two attached hydrogens (primary N) is 1. The van der Waals surface area contributed by atoms with Gasteiger partial charge in [-0.1, -0.05) is 6.07 Å². The highest BCUT2D eigenvalue weighted by Crippen LogP contribution is 2.38. The molecule has 0 spiro atoms. The third-order valence-electron chi connectivity index (χ3n) is 2.02. The molecule has 1 saturated carbocycles. The topological polar surface area (TPSA) is 38.9 Å². The van der Waals surface area contributed by atoms with Crippen molar-refractivity contribution in [1.82, 2.24) is 4.98 Å². The molecule has 3 heteroatoms. The standard InChI is InChI=1S/C8H9BrN2/c9-8-2-1-5(4-11-8)6-3-7(6)10/h1-2,4,6-7H,3,10H2/t6-,7+/m0/s1. The van der Waals surface area contributed by atoms with E-state index in [0.717, 1.165) is 11.0 Å². The van der Waals surface area contributed by atoms with Crippen molar-refractivity contribution < 1.29 is 0 Å². The Kier molecular flexibility index (Phi) is 1.69. The zero-order valence-electron chi connectivity index (χ0n) is 6.00. The minimum atomic E-state index is 0.373. The first-order valence-electron chi connectivity index (χ1n) is 3.64. The Morgan fingerprint density at radius 2 is 2.27 bits per heavy atom. The molecule has 0 amide bonds. The highest BCUT2D eigenvalue weighted by atomic mass is 79.9. The molecule has 2 nitrogen and oxygen atoms in total. The van der Waals surface area contributed by atoms with E-state index in [1.807, 2.05) is 12.3 Å². The molecule has 0 radical (unpaired) electrons. The van der Waals surface area contributed by atoms with Gasteiger partial charge in [0.2, 0.25) is 0 Å². The molecule has 2 N–H and O–H groups in total. The van der Waals surface area contributed by atoms with Crippen molar-refractivity contribution in [3.05, 3.63) is 28.5 Å². The average molecular weight is 213 g/mol. The normalized spacial score (nSPS) is 28.5. The third kappa shape index (κ3) is 1.44. The molecule has 0 unspecified atom stereocenters. The number of nitrogens with zero attached hydrogens (tertiary/aromatic N) is 1. The first-order valence-corrected chi connectivity index (χ1v) is 4.43. The van der Waals surface area contributed by atoms with Crippen LogP contribution in [-0.4, -0.2) is 11.0 Å². The molecule has 0 aromatic carbocycles. The van der Waals surface area contributed by atoms with Crippen molar-refractivity contribution >= 4 is 15.9 Å². The van der Waals surface area contributed by atoms with E-state index < -0.39 is 0 Å². The van der Waals surface area contributed by atoms with Crippen LogP contribution in [0.2, 0.25) is 0 Å². The predicted octanol–water partition coefficient (Wildman–Crippen LogP) is 1.66. The van der Waals surface area contributed by atoms with Crippen LogP contribution >= 0.6 is 15.9 Å². The van der Waals surface area contributed by atoms with Gasteiger partial charge in [-0.2, -0.15) is 0 Å². The van der Waals surface area contributed by atoms with Gasteiger partial charge < -0.3 is 5.73 Å². The summed E-state index contributed by atoms with van der Waals surface area (Å²) in [6.45, 7) is 0. The van der Waals surface area contributed by atoms with E-state index in [-0.39, 0.29) is 0 Å². The molecule has 1 aliphatic rings. The van der Waals surface area contributed by atoms with E-state index in [4.69, 9.17) is 5.73 Å². The van der Waals surface area contributed by atoms with Gasteiger partial charge >= 0.3 is 0 Å². The molecule has 0 bridgehead atoms. The minimum Gasteiger partial charge on any atom is -0.327 e. The smallest absolute Gasteiger partial charge is 0.106 e. The van der Waals surface area contributed by atoms with Crippen molar-refractivity contribution in [3.63, 3.8) is 0 Å². The molecule has 1 aliphatic carbocycles. The molecule has 1 fully saturated rings. The Balaban J connectivity index is 2.21. The maximum atomic E-state index is 5.70. The summed E-state index contributed by atoms with van der Waals surface area (Å²) in [5.41, 5.74) is 6.96. The Morgan fingerprint density at radius 1 is 1.55 bits per heavy atom. The molecule has 0 aliphatic heterocycles. The van der Waals surface area contributed by atoms with Gasteiger partial charge in [0.25, 0.3) is 0 Å². The van der Waals surface area contributed by atoms with E-state index >= 15 is 0 Å². The Morgan fingerprint density at radius 3 is 2.73 bits per heavy atom. The third-order valence-corrected chi connectivity index (χ3v) is 2.49. The number of halogens is 1. The van der Waals surface area contributed by atoms with Crippen LogP contribution in [-0.2, 0) is 0 Å². The van der Waals surface area contributed by atoms with Gasteiger partial charge in [0.1, 0.15) is 4.60 Å². The van der Waals surface area contributed by atoms with E-state index in [1.54, 1.807) is 0 Å². The summed E-state index contributed by atoms with van der Waals surface area (Å²) in [5, 5.41) is 0. The fourth-order valence-electron chi connectivity index (χ4n) is 1.20. The second kappa shape index (κ2) is 2.57. The van der Waals surface area contributed by atoms with Crippen molar-refractivity contribution in [2.75, 3.05) is 0 Å². The van der Waals surface area contributed by atoms with E-state index in [0.29, 0.717) is 12.0 Å². The summed E-state index contributed by atoms with van der Waals surface area (Å²) in [5.74, 6) is 0.565. The molecular formula is C8H9BrN2. The number of hydrogen-bond acceptors (Lipinski definition) is 2. The Labute approximate surface area is 73.9 Å². The maximum Gasteiger partial charge on any atom is 0.106 e. The van der Waals surface area contributed by atoms with Crippen LogP contribution in [0.25, 0.3) is 0 Å². The highest BCUT2D eigenvalue weighted by molar-refractivity contribution is 9.10. The van der Waals surface area contributed by atoms with Crippen molar-refractivity contribution in [1.29, 1.82) is 0 Å². The summed E-state index contributed by atoms with van der Waals surface area (Å²) in [6.07, 6.45) is 3.00. The van der Waals surface area contributed by atoms with Gasteiger partial charge in [-0.25, -0.2) is 4.98 Å². The SMILES string of the molecule is N[C@@H]1C[C@H]1c1ccc(Br)nc1. The average Bonchev–Trinajstić information content (AvgIpc) is 2.69. The van der Waals surface area contributed by atoms with Crippen molar-refractivity contribution in [3.8, 4) is 0 Å². The zero-order valence-corrected chi connectivity index (χ0v) is 7.58. The predicted molar refractivity (Wildman–Crippen MR) is 47.3 cm³/mol. The van der Waals surface area contributed by atoms with E-state index in [2.05, 4.69) is 27.0 Å². The molecule has 58 valence electrons. The quantitative estimate of drug-likeness (QED) is 0.720. The van der Waals surface area contributed by atoms with Gasteiger partial charge in [-0.15, -0.1) is 0 Å². The van der Waals surface area contributed by atoms with Crippen LogP contribution in [0.1, 0.15) is 17.9 Å². The molecule has 2 rings (SSSR count). The monoisotopic (exact) mass is 212 g/mol. The summed E-state index contributed by atoms with van der Waals surface area (Å²) in [4.78, 5) is 4.14. The summed E-state index contributed by atoms with van der Waals surface area (Å²) >= 11 is 3.29. The van der Waals surface area contributed by atoms with Crippen LogP contribution in [0.15, 0.2) is 22.9 Å². The molecule has 11 heavy (non-hydrogen) atoms. The Hall–Kier alpha value is -0.410. The lowest BCUT2D eigenvalue weighted by Gasteiger charge is -1.96. The van der Waals surface area contributed by atoms with Crippen molar-refractivity contribution in [2.45, 2.75) is 18.4 Å². The number of pyridine rings is 1. The fourth-order valence-corrected chi connectivity index (χ4v) is 1.44. The first-order chi connectivity index (χ1) is 5.27. The van der Waals surface area contributed by atoms with Gasteiger partial charge in [0.15, 0.2) is 0 Å². The molecule has 0 saturated heterocycles. The van der Waals surface area contributed by atoms with Gasteiger partial charge in [0.05, 0.1) is 0 Å². The summed E-state index contributed by atoms with van der Waals surface area (Å²) in [6, 6.07) is 4.41. The molecule has 1 aromatic rings. The number of hydrogen-bond donors (Lipinski definition) is 1. The summed E-state index contributed by atoms with van der Waals surface area (Å²) < 4.78 is 0.885. The first kappa shape index (κ1) is 7.25. The molecular weight excluding hydrogens is 204 g/mol. The molecule has 2 atom stereocenters. The fraction of sp³-hybridized carbons (Fsp3) is 0.375. The second-order valence-corrected chi connectivity index (χ2v) is 3.73. The van der Waals surface area contributed by atoms with Crippen LogP contribution < -0.4 is 5.73 Å². The zero-order chi connectivity index (χ0) is 7.84. The van der Waals surface area contributed by atoms with Crippen molar-refractivity contribution in [2.24, 2.45) is 5.73 Å². The minimum absolute atomic E-state index is 0.373. The van der Waals surface area contributed by atoms with Gasteiger partial charge in [-0.05, 0) is 34.0 Å². The second-order valence-electron chi connectivity index (χ2n) is 2.92. The number of aromatic nitrogens is 1. The summed E-state index contributed by atoms with van der Waals surface area (Å²) in [7, 11) is 0. The molecule has 1 aromatic heterocycles. The Bertz CT molecular complexity index is 257. The number of rotatable bonds is 1. The lowest BCUT2D eigenvalue weighted by molar-refractivity contribution is 0.978.